The van der Waals surface area contributed by atoms with Crippen molar-refractivity contribution >= 4 is 53.4 Å². The van der Waals surface area contributed by atoms with Crippen molar-refractivity contribution < 1.29 is 58.4 Å². The van der Waals surface area contributed by atoms with Gasteiger partial charge in [-0.15, -0.1) is 0 Å². The topological polar surface area (TPSA) is 383 Å². The van der Waals surface area contributed by atoms with Gasteiger partial charge >= 0.3 is 11.9 Å². The Balaban J connectivity index is 1.38. The molecular formula is C43H53N11O12. The second-order valence-electron chi connectivity index (χ2n) is 15.9. The zero-order chi connectivity index (χ0) is 48.3. The fourth-order valence-corrected chi connectivity index (χ4v) is 7.46. The molecule has 16 N–H and O–H groups in total. The molecule has 23 nitrogen and oxygen atoms in total. The molecule has 2 aliphatic rings. The van der Waals surface area contributed by atoms with E-state index in [1.165, 1.54) is 54.6 Å². The number of fused-ring (bicyclic) bond motifs is 6. The summed E-state index contributed by atoms with van der Waals surface area (Å²) < 4.78 is 12.1. The van der Waals surface area contributed by atoms with Gasteiger partial charge in [-0.1, -0.05) is 19.9 Å². The van der Waals surface area contributed by atoms with Crippen molar-refractivity contribution in [3.05, 3.63) is 82.4 Å². The van der Waals surface area contributed by atoms with Gasteiger partial charge in [-0.3, -0.25) is 39.6 Å². The number of carboxylic acids is 1. The Morgan fingerprint density at radius 1 is 0.682 bits per heavy atom. The van der Waals surface area contributed by atoms with Crippen LogP contribution in [0.4, 0.5) is 0 Å². The number of hydrogen-bond acceptors (Lipinski definition) is 13. The van der Waals surface area contributed by atoms with Gasteiger partial charge in [-0.2, -0.15) is 0 Å². The van der Waals surface area contributed by atoms with Gasteiger partial charge in [0.2, 0.25) is 23.6 Å². The van der Waals surface area contributed by atoms with E-state index in [1.807, 2.05) is 0 Å². The second kappa shape index (κ2) is 21.5. The summed E-state index contributed by atoms with van der Waals surface area (Å²) in [5.74, 6) is -6.77. The number of phenols is 2. The Morgan fingerprint density at radius 3 is 1.76 bits per heavy atom. The molecule has 66 heavy (non-hydrogen) atoms. The third kappa shape index (κ3) is 12.1. The number of hydrogen-bond donors (Lipinski definition) is 14. The Hall–Kier alpha value is -8.11. The lowest BCUT2D eigenvalue weighted by molar-refractivity contribution is -0.138. The molecule has 2 aliphatic heterocycles. The Morgan fingerprint density at radius 2 is 1.21 bits per heavy atom. The molecule has 5 amide bonds. The number of carbonyl (C=O) groups excluding carboxylic acids is 6. The molecule has 3 atom stereocenters. The minimum atomic E-state index is -1.59. The molecule has 0 aliphatic carbocycles. The maximum absolute atomic E-state index is 14.1. The van der Waals surface area contributed by atoms with E-state index in [0.29, 0.717) is 16.7 Å². The summed E-state index contributed by atoms with van der Waals surface area (Å²) in [5, 5.41) is 61.9. The Labute approximate surface area is 377 Å². The highest BCUT2D eigenvalue weighted by Gasteiger charge is 2.54. The van der Waals surface area contributed by atoms with Crippen molar-refractivity contribution in [1.82, 2.24) is 37.2 Å². The lowest BCUT2D eigenvalue weighted by Crippen LogP contribution is -2.57. The Bertz CT molecular complexity index is 2360. The molecule has 0 radical (unpaired) electrons. The van der Waals surface area contributed by atoms with Crippen LogP contribution in [0.5, 0.6) is 23.0 Å². The van der Waals surface area contributed by atoms with Gasteiger partial charge in [0.15, 0.2) is 17.5 Å². The lowest BCUT2D eigenvalue weighted by Gasteiger charge is -2.36. The fraction of sp³-hybridized carbons (Fsp3) is 0.372. The second-order valence-corrected chi connectivity index (χ2v) is 15.9. The van der Waals surface area contributed by atoms with Gasteiger partial charge in [0.05, 0.1) is 12.1 Å². The molecule has 0 saturated heterocycles. The molecule has 3 aromatic carbocycles. The van der Waals surface area contributed by atoms with Crippen LogP contribution in [-0.2, 0) is 34.3 Å². The SMILES string of the molecule is CC(C)CC(NC(=O)C(CCCNC(=N)N)NC(=O)c1ccc2c(c1)C(=O)OC21c2ccc(O)cc2Oc2cc(O)ccc21)C(=O)NC(CCCNC(=N)N)C(=O)NCC(=O)NCC(=O)O. The number of nitrogens with two attached hydrogens (primary N) is 2. The number of nitrogens with one attached hydrogen (secondary N) is 9. The number of amides is 5. The predicted octanol–water partition coefficient (Wildman–Crippen LogP) is -0.377. The highest BCUT2D eigenvalue weighted by molar-refractivity contribution is 6.03. The number of phenolic OH excluding ortho intramolecular Hbond substituents is 2. The standard InChI is InChI=1S/C43H53N11O12/c1-21(2)15-31(39(63)53-29(5-3-13-48-41(44)45)37(61)51-19-34(57)50-20-35(58)59)54-38(62)30(6-4-14-49-42(46)47)52-36(60)22-7-10-26-25(16-22)40(64)66-43(26)27-11-8-23(55)17-32(27)65-33-18-24(56)9-12-28(33)43/h7-12,16-18,21,29-31,55-56H,3-6,13-15,19-20H2,1-2H3,(H,50,57)(H,51,61)(H,52,60)(H,53,63)(H,54,62)(H,58,59)(H4,44,45,48)(H4,46,47,49). The van der Waals surface area contributed by atoms with Crippen LogP contribution >= 0.6 is 0 Å². The van der Waals surface area contributed by atoms with E-state index in [9.17, 15) is 43.8 Å². The summed E-state index contributed by atoms with van der Waals surface area (Å²) in [6, 6.07) is 9.02. The first-order valence-corrected chi connectivity index (χ1v) is 20.8. The molecule has 3 aromatic rings. The average molecular weight is 916 g/mol. The van der Waals surface area contributed by atoms with Crippen molar-refractivity contribution in [2.75, 3.05) is 26.2 Å². The number of aliphatic carboxylic acids is 1. The smallest absolute Gasteiger partial charge is 0.340 e. The third-order valence-electron chi connectivity index (χ3n) is 10.5. The maximum atomic E-state index is 14.1. The average Bonchev–Trinajstić information content (AvgIpc) is 3.54. The van der Waals surface area contributed by atoms with Crippen LogP contribution in [0.15, 0.2) is 54.6 Å². The van der Waals surface area contributed by atoms with Gasteiger partial charge in [-0.25, -0.2) is 4.79 Å². The van der Waals surface area contributed by atoms with Crippen LogP contribution in [0.25, 0.3) is 0 Å². The van der Waals surface area contributed by atoms with Crippen molar-refractivity contribution in [2.24, 2.45) is 17.4 Å². The zero-order valence-corrected chi connectivity index (χ0v) is 36.0. The van der Waals surface area contributed by atoms with Crippen LogP contribution < -0.4 is 53.4 Å². The normalized spacial score (nSPS) is 14.1. The first-order valence-electron chi connectivity index (χ1n) is 20.8. The number of aromatic hydroxyl groups is 2. The van der Waals surface area contributed by atoms with E-state index in [1.54, 1.807) is 13.8 Å². The van der Waals surface area contributed by atoms with Crippen LogP contribution in [0.3, 0.4) is 0 Å². The predicted molar refractivity (Wildman–Crippen MR) is 235 cm³/mol. The van der Waals surface area contributed by atoms with Crippen molar-refractivity contribution in [1.29, 1.82) is 10.8 Å². The van der Waals surface area contributed by atoms with E-state index in [4.69, 9.17) is 36.9 Å². The molecule has 2 heterocycles. The van der Waals surface area contributed by atoms with Crippen molar-refractivity contribution in [3.63, 3.8) is 0 Å². The first kappa shape index (κ1) is 48.9. The number of ether oxygens (including phenoxy) is 2. The van der Waals surface area contributed by atoms with Gasteiger partial charge in [-0.05, 0) is 74.4 Å². The summed E-state index contributed by atoms with van der Waals surface area (Å²) >= 11 is 0. The number of guanidine groups is 2. The lowest BCUT2D eigenvalue weighted by atomic mass is 9.77. The summed E-state index contributed by atoms with van der Waals surface area (Å²) in [7, 11) is 0. The molecule has 3 unspecified atom stereocenters. The third-order valence-corrected chi connectivity index (χ3v) is 10.5. The molecular weight excluding hydrogens is 863 g/mol. The van der Waals surface area contributed by atoms with Crippen LogP contribution in [0.1, 0.15) is 83.4 Å². The van der Waals surface area contributed by atoms with Crippen molar-refractivity contribution in [3.8, 4) is 23.0 Å². The van der Waals surface area contributed by atoms with Gasteiger partial charge in [0.1, 0.15) is 47.7 Å². The molecule has 23 heteroatoms. The quantitative estimate of drug-likeness (QED) is 0.0280. The number of benzene rings is 3. The number of carbonyl (C=O) groups is 7. The summed E-state index contributed by atoms with van der Waals surface area (Å²) in [6.45, 7) is 2.60. The summed E-state index contributed by atoms with van der Waals surface area (Å²) in [5.41, 5.74) is 10.3. The molecule has 0 aromatic heterocycles. The minimum absolute atomic E-state index is 0.00576. The van der Waals surface area contributed by atoms with Crippen LogP contribution in [-0.4, -0.2) is 113 Å². The monoisotopic (exact) mass is 915 g/mol. The van der Waals surface area contributed by atoms with Gasteiger partial charge in [0, 0.05) is 47.5 Å². The largest absolute Gasteiger partial charge is 0.508 e. The van der Waals surface area contributed by atoms with E-state index < -0.39 is 78.3 Å². The molecule has 0 bridgehead atoms. The minimum Gasteiger partial charge on any atom is -0.508 e. The highest BCUT2D eigenvalue weighted by atomic mass is 16.6. The summed E-state index contributed by atoms with van der Waals surface area (Å²) in [6.07, 6.45) is 0.482. The first-order chi connectivity index (χ1) is 31.3. The number of rotatable bonds is 21. The van der Waals surface area contributed by atoms with Gasteiger partial charge < -0.3 is 73.5 Å². The highest BCUT2D eigenvalue weighted by Crippen LogP contribution is 2.57. The van der Waals surface area contributed by atoms with E-state index in [2.05, 4.69) is 37.2 Å². The van der Waals surface area contributed by atoms with Crippen LogP contribution in [0.2, 0.25) is 0 Å². The number of carboxylic acid groups (broad SMARTS) is 1. The van der Waals surface area contributed by atoms with E-state index >= 15 is 0 Å². The zero-order valence-electron chi connectivity index (χ0n) is 36.0. The molecule has 0 saturated carbocycles. The summed E-state index contributed by atoms with van der Waals surface area (Å²) in [4.78, 5) is 92.0. The van der Waals surface area contributed by atoms with Gasteiger partial charge in [0.25, 0.3) is 5.91 Å². The molecule has 0 fully saturated rings. The molecule has 5 rings (SSSR count). The Kier molecular flexibility index (Phi) is 15.9. The molecule has 352 valence electrons. The van der Waals surface area contributed by atoms with Crippen LogP contribution in [0, 0.1) is 16.7 Å². The van der Waals surface area contributed by atoms with E-state index in [-0.39, 0.29) is 97.2 Å². The van der Waals surface area contributed by atoms with Crippen molar-refractivity contribution in [2.45, 2.75) is 69.7 Å². The molecule has 1 spiro atoms. The fourth-order valence-electron chi connectivity index (χ4n) is 7.46. The van der Waals surface area contributed by atoms with E-state index in [0.717, 1.165) is 0 Å². The maximum Gasteiger partial charge on any atom is 0.340 e. The number of esters is 1.